The van der Waals surface area contributed by atoms with Crippen LogP contribution in [0.2, 0.25) is 0 Å². The molecule has 1 rings (SSSR count). The van der Waals surface area contributed by atoms with E-state index in [9.17, 15) is 14.4 Å². The van der Waals surface area contributed by atoms with Gasteiger partial charge in [-0.25, -0.2) is 0 Å². The molecule has 0 aliphatic carbocycles. The quantitative estimate of drug-likeness (QED) is 0.391. The van der Waals surface area contributed by atoms with Crippen molar-refractivity contribution in [2.24, 2.45) is 0 Å². The zero-order valence-corrected chi connectivity index (χ0v) is 11.3. The number of hydrogen-bond donors (Lipinski definition) is 3. The molecule has 1 aromatic carbocycles. The Labute approximate surface area is 116 Å². The SMILES string of the molecule is CC(=O)C(NC(CS)C(=O)O)C(=O)c1ccccc1. The number of benzene rings is 1. The molecule has 0 bridgehead atoms. The summed E-state index contributed by atoms with van der Waals surface area (Å²) in [7, 11) is 0. The van der Waals surface area contributed by atoms with Gasteiger partial charge in [-0.1, -0.05) is 30.3 Å². The number of ketones is 2. The number of hydrogen-bond acceptors (Lipinski definition) is 5. The molecule has 0 radical (unpaired) electrons. The van der Waals surface area contributed by atoms with Gasteiger partial charge in [-0.3, -0.25) is 19.7 Å². The van der Waals surface area contributed by atoms with Crippen molar-refractivity contribution in [3.8, 4) is 0 Å². The van der Waals surface area contributed by atoms with Gasteiger partial charge >= 0.3 is 5.97 Å². The summed E-state index contributed by atoms with van der Waals surface area (Å²) in [6, 6.07) is 6.05. The molecule has 0 saturated carbocycles. The minimum atomic E-state index is -1.17. The van der Waals surface area contributed by atoms with Crippen LogP contribution in [0.25, 0.3) is 0 Å². The smallest absolute Gasteiger partial charge is 0.321 e. The first-order chi connectivity index (χ1) is 8.97. The van der Waals surface area contributed by atoms with Gasteiger partial charge in [0.05, 0.1) is 0 Å². The summed E-state index contributed by atoms with van der Waals surface area (Å²) >= 11 is 3.89. The molecule has 2 unspecified atom stereocenters. The van der Waals surface area contributed by atoms with Gasteiger partial charge in [-0.2, -0.15) is 12.6 Å². The summed E-state index contributed by atoms with van der Waals surface area (Å²) in [6.45, 7) is 1.25. The number of nitrogens with one attached hydrogen (secondary N) is 1. The Morgan fingerprint density at radius 1 is 1.26 bits per heavy atom. The van der Waals surface area contributed by atoms with Crippen LogP contribution in [0, 0.1) is 0 Å². The van der Waals surface area contributed by atoms with Gasteiger partial charge < -0.3 is 5.11 Å². The van der Waals surface area contributed by atoms with Gasteiger partial charge in [-0.05, 0) is 6.92 Å². The predicted molar refractivity (Wildman–Crippen MR) is 73.7 cm³/mol. The van der Waals surface area contributed by atoms with Crippen LogP contribution in [-0.2, 0) is 9.59 Å². The van der Waals surface area contributed by atoms with Gasteiger partial charge in [0.25, 0.3) is 0 Å². The van der Waals surface area contributed by atoms with Gasteiger partial charge in [0.15, 0.2) is 11.6 Å². The van der Waals surface area contributed by atoms with E-state index >= 15 is 0 Å². The maximum Gasteiger partial charge on any atom is 0.321 e. The molecule has 0 heterocycles. The molecule has 0 aromatic heterocycles. The fourth-order valence-corrected chi connectivity index (χ4v) is 1.81. The first-order valence-electron chi connectivity index (χ1n) is 5.66. The fraction of sp³-hybridized carbons (Fsp3) is 0.308. The molecule has 5 nitrogen and oxygen atoms in total. The Bertz CT molecular complexity index is 475. The minimum absolute atomic E-state index is 0.0127. The minimum Gasteiger partial charge on any atom is -0.480 e. The Morgan fingerprint density at radius 2 is 1.84 bits per heavy atom. The second kappa shape index (κ2) is 7.06. The number of carbonyl (C=O) groups excluding carboxylic acids is 2. The molecule has 1 aromatic rings. The molecule has 0 spiro atoms. The highest BCUT2D eigenvalue weighted by molar-refractivity contribution is 7.80. The largest absolute Gasteiger partial charge is 0.480 e. The van der Waals surface area contributed by atoms with E-state index in [-0.39, 0.29) is 5.75 Å². The lowest BCUT2D eigenvalue weighted by Gasteiger charge is -2.19. The fourth-order valence-electron chi connectivity index (χ4n) is 1.55. The van der Waals surface area contributed by atoms with E-state index in [1.54, 1.807) is 30.3 Å². The van der Waals surface area contributed by atoms with Crippen molar-refractivity contribution in [3.05, 3.63) is 35.9 Å². The number of carboxylic acid groups (broad SMARTS) is 1. The number of carboxylic acids is 1. The van der Waals surface area contributed by atoms with E-state index in [1.807, 2.05) is 0 Å². The molecule has 102 valence electrons. The first kappa shape index (κ1) is 15.4. The molecule has 0 aliphatic heterocycles. The Hall–Kier alpha value is -1.66. The highest BCUT2D eigenvalue weighted by Crippen LogP contribution is 2.06. The zero-order chi connectivity index (χ0) is 14.4. The predicted octanol–water partition coefficient (Wildman–Crippen LogP) is 0.799. The van der Waals surface area contributed by atoms with E-state index in [4.69, 9.17) is 5.11 Å². The van der Waals surface area contributed by atoms with Crippen LogP contribution >= 0.6 is 12.6 Å². The second-order valence-corrected chi connectivity index (χ2v) is 4.38. The van der Waals surface area contributed by atoms with Crippen molar-refractivity contribution < 1.29 is 19.5 Å². The van der Waals surface area contributed by atoms with Crippen molar-refractivity contribution >= 4 is 30.2 Å². The van der Waals surface area contributed by atoms with Crippen molar-refractivity contribution in [1.29, 1.82) is 0 Å². The maximum atomic E-state index is 12.2. The monoisotopic (exact) mass is 281 g/mol. The van der Waals surface area contributed by atoms with Crippen LogP contribution in [0.1, 0.15) is 17.3 Å². The van der Waals surface area contributed by atoms with E-state index in [0.717, 1.165) is 0 Å². The van der Waals surface area contributed by atoms with Gasteiger partial charge in [-0.15, -0.1) is 0 Å². The summed E-state index contributed by atoms with van der Waals surface area (Å²) in [5.74, 6) is -2.04. The first-order valence-corrected chi connectivity index (χ1v) is 6.30. The third kappa shape index (κ3) is 4.18. The van der Waals surface area contributed by atoms with Crippen molar-refractivity contribution in [3.63, 3.8) is 0 Å². The Kier molecular flexibility index (Phi) is 5.72. The van der Waals surface area contributed by atoms with Gasteiger partial charge in [0.1, 0.15) is 12.1 Å². The molecule has 0 saturated heterocycles. The zero-order valence-electron chi connectivity index (χ0n) is 10.4. The van der Waals surface area contributed by atoms with E-state index in [1.165, 1.54) is 6.92 Å². The van der Waals surface area contributed by atoms with Crippen LogP contribution in [0.3, 0.4) is 0 Å². The number of aliphatic carboxylic acids is 1. The number of carbonyl (C=O) groups is 3. The summed E-state index contributed by atoms with van der Waals surface area (Å²) in [5.41, 5.74) is 0.360. The van der Waals surface area contributed by atoms with Crippen molar-refractivity contribution in [2.45, 2.75) is 19.0 Å². The summed E-state index contributed by atoms with van der Waals surface area (Å²) in [5, 5.41) is 11.4. The average molecular weight is 281 g/mol. The Balaban J connectivity index is 2.92. The van der Waals surface area contributed by atoms with Crippen LogP contribution < -0.4 is 5.32 Å². The second-order valence-electron chi connectivity index (χ2n) is 4.01. The number of rotatable bonds is 7. The van der Waals surface area contributed by atoms with Crippen LogP contribution in [0.15, 0.2) is 30.3 Å². The number of thiol groups is 1. The van der Waals surface area contributed by atoms with Crippen LogP contribution in [0.4, 0.5) is 0 Å². The van der Waals surface area contributed by atoms with Crippen molar-refractivity contribution in [2.75, 3.05) is 5.75 Å². The summed E-state index contributed by atoms with van der Waals surface area (Å²) < 4.78 is 0. The maximum absolute atomic E-state index is 12.2. The molecule has 0 aliphatic rings. The van der Waals surface area contributed by atoms with Crippen LogP contribution in [0.5, 0.6) is 0 Å². The van der Waals surface area contributed by atoms with Crippen molar-refractivity contribution in [1.82, 2.24) is 5.32 Å². The molecule has 0 amide bonds. The third-order valence-electron chi connectivity index (χ3n) is 2.58. The lowest BCUT2D eigenvalue weighted by atomic mass is 10.0. The molecule has 2 N–H and O–H groups in total. The van der Waals surface area contributed by atoms with E-state index in [2.05, 4.69) is 17.9 Å². The van der Waals surface area contributed by atoms with Gasteiger partial charge in [0.2, 0.25) is 0 Å². The third-order valence-corrected chi connectivity index (χ3v) is 2.94. The molecular formula is C13H15NO4S. The van der Waals surface area contributed by atoms with Gasteiger partial charge in [0, 0.05) is 11.3 Å². The molecule has 2 atom stereocenters. The average Bonchev–Trinajstić information content (AvgIpc) is 2.39. The normalized spacial score (nSPS) is 13.6. The van der Waals surface area contributed by atoms with Crippen LogP contribution in [-0.4, -0.2) is 40.5 Å². The molecular weight excluding hydrogens is 266 g/mol. The number of Topliss-reactive ketones (excluding diaryl/α,β-unsaturated/α-hetero) is 2. The highest BCUT2D eigenvalue weighted by atomic mass is 32.1. The van der Waals surface area contributed by atoms with E-state index in [0.29, 0.717) is 5.56 Å². The molecule has 0 fully saturated rings. The Morgan fingerprint density at radius 3 is 2.26 bits per heavy atom. The highest BCUT2D eigenvalue weighted by Gasteiger charge is 2.29. The topological polar surface area (TPSA) is 83.5 Å². The standard InChI is InChI=1S/C13H15NO4S/c1-8(15)11(14-10(7-19)13(17)18)12(16)9-5-3-2-4-6-9/h2-6,10-11,14,19H,7H2,1H3,(H,17,18). The lowest BCUT2D eigenvalue weighted by Crippen LogP contribution is -2.51. The lowest BCUT2D eigenvalue weighted by molar-refractivity contribution is -0.139. The molecule has 6 heteroatoms. The van der Waals surface area contributed by atoms with E-state index < -0.39 is 29.6 Å². The molecule has 19 heavy (non-hydrogen) atoms. The summed E-state index contributed by atoms with van der Waals surface area (Å²) in [6.07, 6.45) is 0. The summed E-state index contributed by atoms with van der Waals surface area (Å²) in [4.78, 5) is 34.6.